The minimum Gasteiger partial charge on any atom is -0.396 e. The molecule has 0 spiro atoms. The van der Waals surface area contributed by atoms with Gasteiger partial charge in [0.1, 0.15) is 0 Å². The second-order valence-electron chi connectivity index (χ2n) is 7.80. The van der Waals surface area contributed by atoms with Crippen LogP contribution < -0.4 is 10.2 Å². The monoisotopic (exact) mass is 404 g/mol. The first-order valence-electron chi connectivity index (χ1n) is 10.8. The van der Waals surface area contributed by atoms with Gasteiger partial charge in [0.05, 0.1) is 6.54 Å². The van der Waals surface area contributed by atoms with Gasteiger partial charge in [0.2, 0.25) is 0 Å². The summed E-state index contributed by atoms with van der Waals surface area (Å²) in [5.74, 6) is 2.72. The number of piperidine rings is 1. The molecule has 0 aromatic heterocycles. The fraction of sp³-hybridized carbons (Fsp3) is 0.682. The van der Waals surface area contributed by atoms with Crippen LogP contribution in [-0.2, 0) is 6.54 Å². The van der Waals surface area contributed by atoms with Gasteiger partial charge in [0.15, 0.2) is 5.96 Å². The van der Waals surface area contributed by atoms with Gasteiger partial charge in [-0.25, -0.2) is 4.99 Å². The van der Waals surface area contributed by atoms with Crippen LogP contribution in [0.2, 0.25) is 0 Å². The predicted molar refractivity (Wildman–Crippen MR) is 121 cm³/mol. The number of nitrogens with one attached hydrogen (secondary N) is 1. The number of benzene rings is 1. The zero-order valence-electron chi connectivity index (χ0n) is 17.4. The summed E-state index contributed by atoms with van der Waals surface area (Å²) in [5, 5.41) is 13.5. The molecule has 0 saturated carbocycles. The van der Waals surface area contributed by atoms with E-state index in [1.807, 2.05) is 0 Å². The van der Waals surface area contributed by atoms with Crippen LogP contribution in [0.4, 0.5) is 5.69 Å². The Balaban J connectivity index is 1.58. The molecule has 3 rings (SSSR count). The Labute approximate surface area is 174 Å². The molecule has 1 unspecified atom stereocenters. The lowest BCUT2D eigenvalue weighted by Crippen LogP contribution is -2.48. The molecule has 156 valence electrons. The van der Waals surface area contributed by atoms with Crippen molar-refractivity contribution in [3.63, 3.8) is 0 Å². The van der Waals surface area contributed by atoms with Gasteiger partial charge in [0, 0.05) is 56.0 Å². The second-order valence-corrected chi connectivity index (χ2v) is 9.20. The van der Waals surface area contributed by atoms with Crippen LogP contribution >= 0.6 is 11.8 Å². The molecule has 1 aromatic rings. The fourth-order valence-corrected chi connectivity index (χ4v) is 5.12. The summed E-state index contributed by atoms with van der Waals surface area (Å²) in [7, 11) is 0. The molecule has 1 aromatic carbocycles. The number of aliphatic hydroxyl groups excluding tert-OH is 1. The number of thioether (sulfide) groups is 1. The van der Waals surface area contributed by atoms with E-state index in [9.17, 15) is 5.11 Å². The largest absolute Gasteiger partial charge is 0.396 e. The lowest BCUT2D eigenvalue weighted by atomic mass is 9.97. The Morgan fingerprint density at radius 2 is 1.93 bits per heavy atom. The Kier molecular flexibility index (Phi) is 8.34. The number of aliphatic hydroxyl groups is 1. The molecule has 0 radical (unpaired) electrons. The Hall–Kier alpha value is -1.40. The van der Waals surface area contributed by atoms with E-state index in [0.29, 0.717) is 17.8 Å². The third kappa shape index (κ3) is 5.80. The first-order chi connectivity index (χ1) is 13.7. The zero-order chi connectivity index (χ0) is 19.8. The summed E-state index contributed by atoms with van der Waals surface area (Å²) < 4.78 is 0. The topological polar surface area (TPSA) is 51.1 Å². The van der Waals surface area contributed by atoms with Crippen molar-refractivity contribution in [2.24, 2.45) is 10.9 Å². The number of hydrogen-bond acceptors (Lipinski definition) is 4. The van der Waals surface area contributed by atoms with E-state index < -0.39 is 0 Å². The van der Waals surface area contributed by atoms with Gasteiger partial charge in [-0.1, -0.05) is 19.1 Å². The maximum Gasteiger partial charge on any atom is 0.194 e. The van der Waals surface area contributed by atoms with Crippen molar-refractivity contribution in [1.29, 1.82) is 0 Å². The highest BCUT2D eigenvalue weighted by atomic mass is 32.2. The summed E-state index contributed by atoms with van der Waals surface area (Å²) >= 11 is 2.09. The second kappa shape index (κ2) is 11.0. The van der Waals surface area contributed by atoms with Crippen molar-refractivity contribution in [2.75, 3.05) is 50.0 Å². The van der Waals surface area contributed by atoms with E-state index in [1.165, 1.54) is 23.4 Å². The average molecular weight is 405 g/mol. The molecule has 0 bridgehead atoms. The standard InChI is InChI=1S/C22H36N4OS/c1-3-21-16-26(13-14-28-21)22(23-4-2)24-15-18-5-7-20(8-6-18)25-11-9-19(17-27)10-12-25/h5-8,19,21,27H,3-4,9-17H2,1-2H3,(H,23,24). The maximum atomic E-state index is 9.31. The zero-order valence-corrected chi connectivity index (χ0v) is 18.3. The van der Waals surface area contributed by atoms with Crippen molar-refractivity contribution in [2.45, 2.75) is 44.9 Å². The molecule has 0 aliphatic carbocycles. The van der Waals surface area contributed by atoms with Crippen LogP contribution in [0.3, 0.4) is 0 Å². The SMILES string of the molecule is CCNC(=NCc1ccc(N2CCC(CO)CC2)cc1)N1CCSC(CC)C1. The Morgan fingerprint density at radius 1 is 1.18 bits per heavy atom. The van der Waals surface area contributed by atoms with E-state index in [0.717, 1.165) is 58.1 Å². The van der Waals surface area contributed by atoms with Crippen molar-refractivity contribution in [1.82, 2.24) is 10.2 Å². The van der Waals surface area contributed by atoms with Gasteiger partial charge in [-0.05, 0) is 49.8 Å². The number of hydrogen-bond donors (Lipinski definition) is 2. The first-order valence-corrected chi connectivity index (χ1v) is 11.9. The van der Waals surface area contributed by atoms with Crippen LogP contribution in [0.25, 0.3) is 0 Å². The van der Waals surface area contributed by atoms with Gasteiger partial charge < -0.3 is 20.2 Å². The number of aliphatic imine (C=N–C) groups is 1. The van der Waals surface area contributed by atoms with E-state index in [4.69, 9.17) is 4.99 Å². The lowest BCUT2D eigenvalue weighted by Gasteiger charge is -2.34. The predicted octanol–water partition coefficient (Wildman–Crippen LogP) is 3.19. The normalized spacial score (nSPS) is 21.8. The summed E-state index contributed by atoms with van der Waals surface area (Å²) in [6, 6.07) is 8.87. The van der Waals surface area contributed by atoms with Crippen LogP contribution in [0, 0.1) is 5.92 Å². The highest BCUT2D eigenvalue weighted by Gasteiger charge is 2.21. The van der Waals surface area contributed by atoms with Crippen molar-refractivity contribution in [3.05, 3.63) is 29.8 Å². The first kappa shape index (κ1) is 21.3. The quantitative estimate of drug-likeness (QED) is 0.563. The van der Waals surface area contributed by atoms with Gasteiger partial charge in [-0.15, -0.1) is 0 Å². The number of rotatable bonds is 6. The van der Waals surface area contributed by atoms with E-state index in [-0.39, 0.29) is 0 Å². The molecule has 28 heavy (non-hydrogen) atoms. The summed E-state index contributed by atoms with van der Waals surface area (Å²) in [4.78, 5) is 9.77. The molecular formula is C22H36N4OS. The molecule has 2 aliphatic rings. The third-order valence-corrected chi connectivity index (χ3v) is 7.19. The lowest BCUT2D eigenvalue weighted by molar-refractivity contribution is 0.203. The minimum atomic E-state index is 0.327. The molecule has 0 amide bonds. The molecule has 2 saturated heterocycles. The van der Waals surface area contributed by atoms with Gasteiger partial charge in [0.25, 0.3) is 0 Å². The Morgan fingerprint density at radius 3 is 2.57 bits per heavy atom. The molecular weight excluding hydrogens is 368 g/mol. The van der Waals surface area contributed by atoms with E-state index in [2.05, 4.69) is 65.0 Å². The maximum absolute atomic E-state index is 9.31. The molecule has 1 atom stereocenters. The highest BCUT2D eigenvalue weighted by molar-refractivity contribution is 8.00. The van der Waals surface area contributed by atoms with Gasteiger partial charge >= 0.3 is 0 Å². The molecule has 6 heteroatoms. The van der Waals surface area contributed by atoms with Crippen LogP contribution in [0.15, 0.2) is 29.3 Å². The smallest absolute Gasteiger partial charge is 0.194 e. The number of nitrogens with zero attached hydrogens (tertiary/aromatic N) is 3. The van der Waals surface area contributed by atoms with Crippen LogP contribution in [0.1, 0.15) is 38.7 Å². The van der Waals surface area contributed by atoms with Gasteiger partial charge in [-0.2, -0.15) is 11.8 Å². The van der Waals surface area contributed by atoms with Crippen LogP contribution in [0.5, 0.6) is 0 Å². The molecule has 5 nitrogen and oxygen atoms in total. The van der Waals surface area contributed by atoms with Crippen molar-refractivity contribution in [3.8, 4) is 0 Å². The van der Waals surface area contributed by atoms with Gasteiger partial charge in [-0.3, -0.25) is 0 Å². The number of guanidine groups is 1. The summed E-state index contributed by atoms with van der Waals surface area (Å²) in [5.41, 5.74) is 2.54. The fourth-order valence-electron chi connectivity index (χ4n) is 3.94. The van der Waals surface area contributed by atoms with Crippen LogP contribution in [-0.4, -0.2) is 66.3 Å². The summed E-state index contributed by atoms with van der Waals surface area (Å²) in [6.07, 6.45) is 3.39. The van der Waals surface area contributed by atoms with E-state index in [1.54, 1.807) is 0 Å². The molecule has 2 fully saturated rings. The van der Waals surface area contributed by atoms with Crippen molar-refractivity contribution >= 4 is 23.4 Å². The summed E-state index contributed by atoms with van der Waals surface area (Å²) in [6.45, 7) is 10.6. The molecule has 2 N–H and O–H groups in total. The van der Waals surface area contributed by atoms with E-state index >= 15 is 0 Å². The molecule has 2 aliphatic heterocycles. The van der Waals surface area contributed by atoms with Crippen molar-refractivity contribution < 1.29 is 5.11 Å². The Bertz CT molecular complexity index is 613. The third-order valence-electron chi connectivity index (χ3n) is 5.81. The number of anilines is 1. The average Bonchev–Trinajstić information content (AvgIpc) is 2.77. The minimum absolute atomic E-state index is 0.327. The molecule has 2 heterocycles. The highest BCUT2D eigenvalue weighted by Crippen LogP contribution is 2.24.